The highest BCUT2D eigenvalue weighted by Gasteiger charge is 2.23. The van der Waals surface area contributed by atoms with Gasteiger partial charge in [-0.05, 0) is 59.5 Å². The molecule has 176 valence electrons. The lowest BCUT2D eigenvalue weighted by atomic mass is 10.0. The quantitative estimate of drug-likeness (QED) is 0.225. The number of hydrogen-bond acceptors (Lipinski definition) is 4. The van der Waals surface area contributed by atoms with E-state index in [-0.39, 0.29) is 23.9 Å². The number of amidine groups is 1. The maximum absolute atomic E-state index is 13.2. The Morgan fingerprint density at radius 3 is 2.43 bits per heavy atom. The average molecular weight is 467 g/mol. The second-order valence-corrected chi connectivity index (χ2v) is 8.20. The van der Waals surface area contributed by atoms with Gasteiger partial charge >= 0.3 is 0 Å². The number of benzene rings is 3. The standard InChI is InChI=1S/C28H26N4O3/c1-18-6-2-3-9-23(18)20-11-13-22(14-12-20)31-27(33)24(32-28(34)25-10-5-15-35-25)17-19-7-4-8-21(16-19)26(29)30/h2-16,24H,17H2,1H3,(H3,29,30)(H,31,33)(H,32,34). The van der Waals surface area contributed by atoms with Gasteiger partial charge in [0.25, 0.3) is 5.91 Å². The second-order valence-electron chi connectivity index (χ2n) is 8.20. The smallest absolute Gasteiger partial charge is 0.287 e. The van der Waals surface area contributed by atoms with Gasteiger partial charge in [-0.3, -0.25) is 15.0 Å². The third-order valence-corrected chi connectivity index (χ3v) is 5.65. The summed E-state index contributed by atoms with van der Waals surface area (Å²) < 4.78 is 5.17. The topological polar surface area (TPSA) is 121 Å². The Morgan fingerprint density at radius 1 is 0.971 bits per heavy atom. The molecule has 4 aromatic rings. The Labute approximate surface area is 203 Å². The van der Waals surface area contributed by atoms with Crippen LogP contribution in [0.1, 0.15) is 27.2 Å². The van der Waals surface area contributed by atoms with Crippen LogP contribution in [0, 0.1) is 12.3 Å². The lowest BCUT2D eigenvalue weighted by Crippen LogP contribution is -2.45. The zero-order valence-electron chi connectivity index (χ0n) is 19.2. The summed E-state index contributed by atoms with van der Waals surface area (Å²) in [6.07, 6.45) is 1.61. The molecule has 1 atom stereocenters. The van der Waals surface area contributed by atoms with E-state index in [1.807, 2.05) is 42.5 Å². The van der Waals surface area contributed by atoms with Gasteiger partial charge in [-0.25, -0.2) is 0 Å². The minimum atomic E-state index is -0.883. The summed E-state index contributed by atoms with van der Waals surface area (Å²) in [5.41, 5.74) is 10.9. The maximum Gasteiger partial charge on any atom is 0.287 e. The normalized spacial score (nSPS) is 11.5. The molecule has 1 unspecified atom stereocenters. The van der Waals surface area contributed by atoms with Crippen LogP contribution in [-0.4, -0.2) is 23.7 Å². The number of aryl methyl sites for hydroxylation is 1. The molecular formula is C28H26N4O3. The van der Waals surface area contributed by atoms with Gasteiger partial charge in [-0.15, -0.1) is 0 Å². The fourth-order valence-corrected chi connectivity index (χ4v) is 3.81. The monoisotopic (exact) mass is 466 g/mol. The molecule has 2 amide bonds. The van der Waals surface area contributed by atoms with E-state index < -0.39 is 11.9 Å². The van der Waals surface area contributed by atoms with E-state index in [4.69, 9.17) is 15.6 Å². The summed E-state index contributed by atoms with van der Waals surface area (Å²) >= 11 is 0. The lowest BCUT2D eigenvalue weighted by molar-refractivity contribution is -0.118. The molecule has 0 aliphatic rings. The van der Waals surface area contributed by atoms with Crippen molar-refractivity contribution in [2.75, 3.05) is 5.32 Å². The molecule has 5 N–H and O–H groups in total. The summed E-state index contributed by atoms with van der Waals surface area (Å²) in [4.78, 5) is 25.9. The van der Waals surface area contributed by atoms with Crippen LogP contribution in [-0.2, 0) is 11.2 Å². The number of furan rings is 1. The van der Waals surface area contributed by atoms with Crippen LogP contribution in [0.2, 0.25) is 0 Å². The maximum atomic E-state index is 13.2. The van der Waals surface area contributed by atoms with Crippen LogP contribution in [0.5, 0.6) is 0 Å². The van der Waals surface area contributed by atoms with Crippen LogP contribution in [0.15, 0.2) is 95.6 Å². The van der Waals surface area contributed by atoms with Crippen LogP contribution < -0.4 is 16.4 Å². The van der Waals surface area contributed by atoms with Crippen molar-refractivity contribution in [2.24, 2.45) is 5.73 Å². The van der Waals surface area contributed by atoms with E-state index in [0.29, 0.717) is 11.3 Å². The first-order valence-electron chi connectivity index (χ1n) is 11.2. The molecule has 4 rings (SSSR count). The minimum absolute atomic E-state index is 0.0683. The third-order valence-electron chi connectivity index (χ3n) is 5.65. The van der Waals surface area contributed by atoms with Crippen molar-refractivity contribution in [3.8, 4) is 11.1 Å². The number of carbonyl (C=O) groups excluding carboxylic acids is 2. The van der Waals surface area contributed by atoms with E-state index in [1.165, 1.54) is 12.3 Å². The third kappa shape index (κ3) is 5.83. The van der Waals surface area contributed by atoms with Crippen molar-refractivity contribution < 1.29 is 14.0 Å². The molecule has 0 saturated heterocycles. The van der Waals surface area contributed by atoms with Crippen molar-refractivity contribution in [3.63, 3.8) is 0 Å². The number of nitrogen functional groups attached to an aromatic ring is 1. The van der Waals surface area contributed by atoms with Gasteiger partial charge in [0, 0.05) is 17.7 Å². The van der Waals surface area contributed by atoms with E-state index in [2.05, 4.69) is 29.7 Å². The first kappa shape index (κ1) is 23.5. The molecule has 0 saturated carbocycles. The fraction of sp³-hybridized carbons (Fsp3) is 0.107. The first-order valence-corrected chi connectivity index (χ1v) is 11.2. The number of carbonyl (C=O) groups is 2. The average Bonchev–Trinajstić information content (AvgIpc) is 3.40. The van der Waals surface area contributed by atoms with Crippen LogP contribution in [0.4, 0.5) is 5.69 Å². The van der Waals surface area contributed by atoms with Crippen molar-refractivity contribution in [1.29, 1.82) is 5.41 Å². The van der Waals surface area contributed by atoms with Crippen molar-refractivity contribution in [1.82, 2.24) is 5.32 Å². The number of nitrogens with two attached hydrogens (primary N) is 1. The molecule has 1 aromatic heterocycles. The lowest BCUT2D eigenvalue weighted by Gasteiger charge is -2.19. The predicted octanol–water partition coefficient (Wildman–Crippen LogP) is 4.52. The van der Waals surface area contributed by atoms with Crippen LogP contribution in [0.3, 0.4) is 0 Å². The Bertz CT molecular complexity index is 1340. The highest BCUT2D eigenvalue weighted by Crippen LogP contribution is 2.24. The van der Waals surface area contributed by atoms with Gasteiger partial charge in [0.1, 0.15) is 11.9 Å². The molecule has 0 spiro atoms. The largest absolute Gasteiger partial charge is 0.459 e. The van der Waals surface area contributed by atoms with Crippen molar-refractivity contribution in [3.05, 3.63) is 114 Å². The molecule has 1 heterocycles. The molecule has 0 radical (unpaired) electrons. The summed E-state index contributed by atoms with van der Waals surface area (Å²) in [5.74, 6) is -0.821. The number of anilines is 1. The Kier molecular flexibility index (Phi) is 7.07. The van der Waals surface area contributed by atoms with Gasteiger partial charge in [0.05, 0.1) is 6.26 Å². The zero-order valence-corrected chi connectivity index (χ0v) is 19.2. The zero-order chi connectivity index (χ0) is 24.8. The van der Waals surface area contributed by atoms with Gasteiger partial charge in [-0.1, -0.05) is 54.6 Å². The Balaban J connectivity index is 1.53. The molecular weight excluding hydrogens is 440 g/mol. The Hall–Kier alpha value is -4.65. The summed E-state index contributed by atoms with van der Waals surface area (Å²) in [7, 11) is 0. The first-order chi connectivity index (χ1) is 16.9. The summed E-state index contributed by atoms with van der Waals surface area (Å²) in [5, 5.41) is 13.3. The molecule has 35 heavy (non-hydrogen) atoms. The van der Waals surface area contributed by atoms with Crippen molar-refractivity contribution >= 4 is 23.3 Å². The molecule has 0 fully saturated rings. The predicted molar refractivity (Wildman–Crippen MR) is 136 cm³/mol. The van der Waals surface area contributed by atoms with Crippen molar-refractivity contribution in [2.45, 2.75) is 19.4 Å². The second kappa shape index (κ2) is 10.5. The molecule has 7 heteroatoms. The number of amides is 2. The molecule has 0 aliphatic carbocycles. The van der Waals surface area contributed by atoms with Gasteiger partial charge in [0.2, 0.25) is 5.91 Å². The van der Waals surface area contributed by atoms with E-state index in [9.17, 15) is 9.59 Å². The highest BCUT2D eigenvalue weighted by molar-refractivity contribution is 6.00. The van der Waals surface area contributed by atoms with Gasteiger partial charge in [0.15, 0.2) is 5.76 Å². The molecule has 7 nitrogen and oxygen atoms in total. The Morgan fingerprint density at radius 2 is 1.74 bits per heavy atom. The van der Waals surface area contributed by atoms with Gasteiger partial charge in [-0.2, -0.15) is 0 Å². The molecule has 3 aromatic carbocycles. The molecule has 0 bridgehead atoms. The van der Waals surface area contributed by atoms with E-state index >= 15 is 0 Å². The van der Waals surface area contributed by atoms with Crippen LogP contribution >= 0.6 is 0 Å². The number of hydrogen-bond donors (Lipinski definition) is 4. The van der Waals surface area contributed by atoms with Gasteiger partial charge < -0.3 is 20.8 Å². The summed E-state index contributed by atoms with van der Waals surface area (Å²) in [6, 6.07) is 25.0. The fourth-order valence-electron chi connectivity index (χ4n) is 3.81. The minimum Gasteiger partial charge on any atom is -0.459 e. The SMILES string of the molecule is Cc1ccccc1-c1ccc(NC(=O)C(Cc2cccc(C(=N)N)c2)NC(=O)c2ccco2)cc1. The summed E-state index contributed by atoms with van der Waals surface area (Å²) in [6.45, 7) is 2.05. The van der Waals surface area contributed by atoms with Crippen LogP contribution in [0.25, 0.3) is 11.1 Å². The number of nitrogens with one attached hydrogen (secondary N) is 3. The molecule has 0 aliphatic heterocycles. The highest BCUT2D eigenvalue weighted by atomic mass is 16.3. The van der Waals surface area contributed by atoms with E-state index in [0.717, 1.165) is 22.3 Å². The number of rotatable bonds is 8. The van der Waals surface area contributed by atoms with E-state index in [1.54, 1.807) is 24.3 Å².